The maximum Gasteiger partial charge on any atom is 0.325 e. The standard InChI is InChI=1S/C19H17FN4O5/c1-2-19(12-6-4-3-5-7-12)17(26)23(18(27)22-19)11-16(25)21-14-9-8-13(20)10-15(14)24(28)29/h3-10H,2,11H2,1H3,(H,21,25)(H,22,27)/t19-/m1/s1. The van der Waals surface area contributed by atoms with E-state index >= 15 is 0 Å². The fraction of sp³-hybridized carbons (Fsp3) is 0.211. The number of hydrogen-bond donors (Lipinski definition) is 2. The lowest BCUT2D eigenvalue weighted by atomic mass is 9.87. The van der Waals surface area contributed by atoms with Crippen molar-refractivity contribution in [1.29, 1.82) is 0 Å². The molecule has 10 heteroatoms. The van der Waals surface area contributed by atoms with Gasteiger partial charge in [0, 0.05) is 0 Å². The van der Waals surface area contributed by atoms with Crippen LogP contribution in [-0.2, 0) is 15.1 Å². The average molecular weight is 400 g/mol. The van der Waals surface area contributed by atoms with Crippen LogP contribution in [-0.4, -0.2) is 34.2 Å². The Morgan fingerprint density at radius 2 is 1.93 bits per heavy atom. The molecule has 29 heavy (non-hydrogen) atoms. The first-order valence-corrected chi connectivity index (χ1v) is 8.72. The molecule has 2 aromatic carbocycles. The number of imide groups is 1. The van der Waals surface area contributed by atoms with Gasteiger partial charge in [0.05, 0.1) is 11.0 Å². The van der Waals surface area contributed by atoms with Crippen LogP contribution in [0.5, 0.6) is 0 Å². The number of carbonyl (C=O) groups is 3. The summed E-state index contributed by atoms with van der Waals surface area (Å²) in [4.78, 5) is 48.7. The summed E-state index contributed by atoms with van der Waals surface area (Å²) in [6, 6.07) is 10.6. The van der Waals surface area contributed by atoms with Gasteiger partial charge in [-0.05, 0) is 24.1 Å². The van der Waals surface area contributed by atoms with Gasteiger partial charge < -0.3 is 10.6 Å². The Labute approximate surface area is 164 Å². The molecule has 1 saturated heterocycles. The molecule has 1 aliphatic heterocycles. The number of benzene rings is 2. The number of anilines is 1. The third kappa shape index (κ3) is 3.64. The quantitative estimate of drug-likeness (QED) is 0.438. The third-order valence-corrected chi connectivity index (χ3v) is 4.70. The van der Waals surface area contributed by atoms with Gasteiger partial charge in [-0.15, -0.1) is 0 Å². The number of urea groups is 1. The Morgan fingerprint density at radius 1 is 1.24 bits per heavy atom. The Hall–Kier alpha value is -3.82. The zero-order valence-electron chi connectivity index (χ0n) is 15.3. The van der Waals surface area contributed by atoms with E-state index in [1.165, 1.54) is 0 Å². The van der Waals surface area contributed by atoms with Gasteiger partial charge in [0.1, 0.15) is 23.6 Å². The van der Waals surface area contributed by atoms with Crippen LogP contribution in [0.25, 0.3) is 0 Å². The summed E-state index contributed by atoms with van der Waals surface area (Å²) in [5, 5.41) is 15.9. The molecule has 0 unspecified atom stereocenters. The molecule has 2 aromatic rings. The smallest absolute Gasteiger partial charge is 0.319 e. The lowest BCUT2D eigenvalue weighted by Crippen LogP contribution is -2.44. The molecule has 0 bridgehead atoms. The van der Waals surface area contributed by atoms with Crippen molar-refractivity contribution in [2.45, 2.75) is 18.9 Å². The monoisotopic (exact) mass is 400 g/mol. The van der Waals surface area contributed by atoms with Gasteiger partial charge in [0.2, 0.25) is 5.91 Å². The van der Waals surface area contributed by atoms with Gasteiger partial charge in [-0.3, -0.25) is 24.6 Å². The molecule has 1 atom stereocenters. The summed E-state index contributed by atoms with van der Waals surface area (Å²) in [5.41, 5.74) is -1.58. The SMILES string of the molecule is CC[C@]1(c2ccccc2)NC(=O)N(CC(=O)Nc2ccc(F)cc2[N+](=O)[O-])C1=O. The van der Waals surface area contributed by atoms with E-state index in [4.69, 9.17) is 0 Å². The van der Waals surface area contributed by atoms with E-state index in [9.17, 15) is 28.9 Å². The number of hydrogen-bond acceptors (Lipinski definition) is 5. The van der Waals surface area contributed by atoms with Crippen molar-refractivity contribution < 1.29 is 23.7 Å². The van der Waals surface area contributed by atoms with E-state index in [1.54, 1.807) is 37.3 Å². The first kappa shape index (κ1) is 19.9. The van der Waals surface area contributed by atoms with E-state index in [-0.39, 0.29) is 12.1 Å². The predicted octanol–water partition coefficient (Wildman–Crippen LogP) is 2.53. The van der Waals surface area contributed by atoms with Gasteiger partial charge in [-0.1, -0.05) is 37.3 Å². The molecule has 0 aliphatic carbocycles. The molecular formula is C19H17FN4O5. The predicted molar refractivity (Wildman–Crippen MR) is 100 cm³/mol. The summed E-state index contributed by atoms with van der Waals surface area (Å²) in [5.74, 6) is -2.26. The molecule has 0 radical (unpaired) electrons. The third-order valence-electron chi connectivity index (χ3n) is 4.70. The Bertz CT molecular complexity index is 997. The molecule has 1 heterocycles. The van der Waals surface area contributed by atoms with Gasteiger partial charge >= 0.3 is 6.03 Å². The highest BCUT2D eigenvalue weighted by molar-refractivity contribution is 6.10. The van der Waals surface area contributed by atoms with E-state index < -0.39 is 46.4 Å². The van der Waals surface area contributed by atoms with Gasteiger partial charge in [-0.25, -0.2) is 9.18 Å². The van der Waals surface area contributed by atoms with Crippen LogP contribution in [0.4, 0.5) is 20.6 Å². The van der Waals surface area contributed by atoms with Crippen LogP contribution >= 0.6 is 0 Å². The maximum atomic E-state index is 13.2. The number of nitrogens with zero attached hydrogens (tertiary/aromatic N) is 2. The highest BCUT2D eigenvalue weighted by atomic mass is 19.1. The van der Waals surface area contributed by atoms with Gasteiger partial charge in [-0.2, -0.15) is 0 Å². The van der Waals surface area contributed by atoms with Crippen molar-refractivity contribution >= 4 is 29.2 Å². The summed E-state index contributed by atoms with van der Waals surface area (Å²) >= 11 is 0. The zero-order valence-corrected chi connectivity index (χ0v) is 15.3. The van der Waals surface area contributed by atoms with Crippen LogP contribution < -0.4 is 10.6 Å². The molecule has 150 valence electrons. The lowest BCUT2D eigenvalue weighted by molar-refractivity contribution is -0.384. The molecule has 0 saturated carbocycles. The number of nitro benzene ring substituents is 1. The number of nitro groups is 1. The fourth-order valence-corrected chi connectivity index (χ4v) is 3.23. The highest BCUT2D eigenvalue weighted by Gasteiger charge is 2.51. The first-order valence-electron chi connectivity index (χ1n) is 8.72. The van der Waals surface area contributed by atoms with Crippen molar-refractivity contribution in [3.05, 3.63) is 70.0 Å². The molecule has 4 amide bonds. The summed E-state index contributed by atoms with van der Waals surface area (Å²) < 4.78 is 13.2. The largest absolute Gasteiger partial charge is 0.325 e. The molecule has 1 fully saturated rings. The van der Waals surface area contributed by atoms with Crippen LogP contribution in [0.2, 0.25) is 0 Å². The number of carbonyl (C=O) groups excluding carboxylic acids is 3. The van der Waals surface area contributed by atoms with E-state index in [1.807, 2.05) is 0 Å². The van der Waals surface area contributed by atoms with Crippen LogP contribution in [0.15, 0.2) is 48.5 Å². The van der Waals surface area contributed by atoms with Gasteiger partial charge in [0.25, 0.3) is 11.6 Å². The minimum atomic E-state index is -1.29. The van der Waals surface area contributed by atoms with Gasteiger partial charge in [0.15, 0.2) is 0 Å². The number of nitrogens with one attached hydrogen (secondary N) is 2. The Kier molecular flexibility index (Phi) is 5.26. The molecule has 0 aromatic heterocycles. The number of halogens is 1. The van der Waals surface area contributed by atoms with Crippen molar-refractivity contribution in [3.63, 3.8) is 0 Å². The topological polar surface area (TPSA) is 122 Å². The second kappa shape index (κ2) is 7.66. The number of amides is 4. The second-order valence-electron chi connectivity index (χ2n) is 6.41. The maximum absolute atomic E-state index is 13.2. The lowest BCUT2D eigenvalue weighted by Gasteiger charge is -2.25. The summed E-state index contributed by atoms with van der Waals surface area (Å²) in [7, 11) is 0. The molecule has 2 N–H and O–H groups in total. The van der Waals surface area contributed by atoms with E-state index in [2.05, 4.69) is 10.6 Å². The van der Waals surface area contributed by atoms with Crippen molar-refractivity contribution in [2.24, 2.45) is 0 Å². The Morgan fingerprint density at radius 3 is 2.55 bits per heavy atom. The average Bonchev–Trinajstić information content (AvgIpc) is 2.95. The van der Waals surface area contributed by atoms with Crippen molar-refractivity contribution in [2.75, 3.05) is 11.9 Å². The second-order valence-corrected chi connectivity index (χ2v) is 6.41. The molecule has 1 aliphatic rings. The fourth-order valence-electron chi connectivity index (χ4n) is 3.23. The van der Waals surface area contributed by atoms with E-state index in [0.717, 1.165) is 17.0 Å². The molecule has 3 rings (SSSR count). The van der Waals surface area contributed by atoms with Crippen LogP contribution in [0.3, 0.4) is 0 Å². The van der Waals surface area contributed by atoms with Crippen molar-refractivity contribution in [3.8, 4) is 0 Å². The summed E-state index contributed by atoms with van der Waals surface area (Å²) in [6.45, 7) is 1.09. The normalized spacial score (nSPS) is 18.5. The van der Waals surface area contributed by atoms with Crippen molar-refractivity contribution in [1.82, 2.24) is 10.2 Å². The number of rotatable bonds is 6. The minimum Gasteiger partial charge on any atom is -0.319 e. The molecular weight excluding hydrogens is 383 g/mol. The summed E-state index contributed by atoms with van der Waals surface area (Å²) in [6.07, 6.45) is 0.267. The molecule has 9 nitrogen and oxygen atoms in total. The highest BCUT2D eigenvalue weighted by Crippen LogP contribution is 2.32. The zero-order chi connectivity index (χ0) is 21.2. The molecule has 0 spiro atoms. The Balaban J connectivity index is 1.80. The van der Waals surface area contributed by atoms with E-state index in [0.29, 0.717) is 11.6 Å². The van der Waals surface area contributed by atoms with Crippen LogP contribution in [0, 0.1) is 15.9 Å². The minimum absolute atomic E-state index is 0.238. The van der Waals surface area contributed by atoms with Crippen LogP contribution in [0.1, 0.15) is 18.9 Å². The first-order chi connectivity index (χ1) is 13.8.